The Kier molecular flexibility index (Phi) is 5.24. The van der Waals surface area contributed by atoms with E-state index in [2.05, 4.69) is 33.5 Å². The Morgan fingerprint density at radius 1 is 1.36 bits per heavy atom. The first-order chi connectivity index (χ1) is 10.1. The molecule has 3 rings (SSSR count). The Balaban J connectivity index is 0.00000176. The van der Waals surface area contributed by atoms with Crippen LogP contribution >= 0.6 is 12.4 Å². The number of aryl methyl sites for hydroxylation is 2. The Labute approximate surface area is 136 Å². The van der Waals surface area contributed by atoms with Crippen LogP contribution in [0, 0.1) is 0 Å². The number of rotatable bonds is 5. The van der Waals surface area contributed by atoms with Gasteiger partial charge in [0.15, 0.2) is 5.82 Å². The van der Waals surface area contributed by atoms with Crippen LogP contribution < -0.4 is 5.73 Å². The monoisotopic (exact) mass is 325 g/mol. The second kappa shape index (κ2) is 6.79. The van der Waals surface area contributed by atoms with Crippen molar-refractivity contribution in [1.82, 2.24) is 19.7 Å². The topological polar surface area (TPSA) is 82.8 Å². The summed E-state index contributed by atoms with van der Waals surface area (Å²) in [6.45, 7) is 5.08. The van der Waals surface area contributed by atoms with Gasteiger partial charge in [0.05, 0.1) is 5.54 Å². The third kappa shape index (κ3) is 3.33. The Hall–Kier alpha value is -1.40. The third-order valence-corrected chi connectivity index (χ3v) is 4.24. The van der Waals surface area contributed by atoms with Gasteiger partial charge in [-0.3, -0.25) is 0 Å². The fourth-order valence-corrected chi connectivity index (χ4v) is 3.01. The van der Waals surface area contributed by atoms with Crippen LogP contribution in [0.3, 0.4) is 0 Å². The van der Waals surface area contributed by atoms with Gasteiger partial charge in [0.2, 0.25) is 5.89 Å². The molecule has 2 aromatic heterocycles. The molecule has 2 heterocycles. The smallest absolute Gasteiger partial charge is 0.228 e. The lowest BCUT2D eigenvalue weighted by Crippen LogP contribution is -2.34. The van der Waals surface area contributed by atoms with Crippen molar-refractivity contribution in [3.63, 3.8) is 0 Å². The first-order valence-corrected chi connectivity index (χ1v) is 7.71. The molecule has 6 nitrogen and oxygen atoms in total. The normalized spacial score (nSPS) is 16.9. The van der Waals surface area contributed by atoms with E-state index in [0.717, 1.165) is 38.1 Å². The SMILES string of the molecule is CC(C)c1nccn1CCc1nc(C2(N)CCCC2)no1.Cl. The molecule has 22 heavy (non-hydrogen) atoms. The van der Waals surface area contributed by atoms with Gasteiger partial charge in [0, 0.05) is 31.3 Å². The number of halogens is 1. The Morgan fingerprint density at radius 3 is 2.77 bits per heavy atom. The molecule has 1 aliphatic carbocycles. The maximum absolute atomic E-state index is 6.35. The zero-order valence-corrected chi connectivity index (χ0v) is 14.0. The van der Waals surface area contributed by atoms with Gasteiger partial charge >= 0.3 is 0 Å². The fraction of sp³-hybridized carbons (Fsp3) is 0.667. The molecule has 2 aromatic rings. The van der Waals surface area contributed by atoms with E-state index in [4.69, 9.17) is 10.3 Å². The Bertz CT molecular complexity index is 601. The van der Waals surface area contributed by atoms with E-state index in [0.29, 0.717) is 24.1 Å². The van der Waals surface area contributed by atoms with Crippen molar-refractivity contribution in [1.29, 1.82) is 0 Å². The maximum Gasteiger partial charge on any atom is 0.228 e. The van der Waals surface area contributed by atoms with Crippen molar-refractivity contribution < 1.29 is 4.52 Å². The molecule has 0 amide bonds. The van der Waals surface area contributed by atoms with Gasteiger partial charge in [0.1, 0.15) is 5.82 Å². The molecule has 2 N–H and O–H groups in total. The van der Waals surface area contributed by atoms with E-state index in [9.17, 15) is 0 Å². The quantitative estimate of drug-likeness (QED) is 0.914. The van der Waals surface area contributed by atoms with E-state index in [-0.39, 0.29) is 17.9 Å². The van der Waals surface area contributed by atoms with Crippen LogP contribution in [0.5, 0.6) is 0 Å². The van der Waals surface area contributed by atoms with Gasteiger partial charge in [-0.05, 0) is 12.8 Å². The molecule has 1 saturated carbocycles. The number of hydrogen-bond acceptors (Lipinski definition) is 5. The lowest BCUT2D eigenvalue weighted by molar-refractivity contribution is 0.344. The van der Waals surface area contributed by atoms with Gasteiger partial charge in [-0.1, -0.05) is 31.8 Å². The lowest BCUT2D eigenvalue weighted by atomic mass is 9.99. The highest BCUT2D eigenvalue weighted by molar-refractivity contribution is 5.85. The first-order valence-electron chi connectivity index (χ1n) is 7.71. The lowest BCUT2D eigenvalue weighted by Gasteiger charge is -2.17. The molecule has 122 valence electrons. The van der Waals surface area contributed by atoms with Crippen molar-refractivity contribution >= 4 is 12.4 Å². The number of aromatic nitrogens is 4. The molecular formula is C15H24ClN5O. The number of imidazole rings is 1. The molecule has 0 spiro atoms. The molecule has 0 aromatic carbocycles. The molecule has 0 radical (unpaired) electrons. The summed E-state index contributed by atoms with van der Waals surface area (Å²) in [5, 5.41) is 4.09. The highest BCUT2D eigenvalue weighted by Gasteiger charge is 2.35. The molecule has 0 saturated heterocycles. The molecule has 0 aliphatic heterocycles. The van der Waals surface area contributed by atoms with Crippen LogP contribution in [-0.2, 0) is 18.5 Å². The van der Waals surface area contributed by atoms with Crippen LogP contribution in [0.15, 0.2) is 16.9 Å². The first kappa shape index (κ1) is 17.0. The summed E-state index contributed by atoms with van der Waals surface area (Å²) >= 11 is 0. The molecule has 1 aliphatic rings. The average Bonchev–Trinajstić information content (AvgIpc) is 3.16. The Morgan fingerprint density at radius 2 is 2.09 bits per heavy atom. The van der Waals surface area contributed by atoms with Crippen molar-refractivity contribution in [2.24, 2.45) is 5.73 Å². The molecule has 0 unspecified atom stereocenters. The summed E-state index contributed by atoms with van der Waals surface area (Å²) in [5.41, 5.74) is 5.97. The summed E-state index contributed by atoms with van der Waals surface area (Å²) in [4.78, 5) is 8.89. The van der Waals surface area contributed by atoms with Crippen molar-refractivity contribution in [3.8, 4) is 0 Å². The summed E-state index contributed by atoms with van der Waals surface area (Å²) in [6, 6.07) is 0. The molecular weight excluding hydrogens is 302 g/mol. The average molecular weight is 326 g/mol. The van der Waals surface area contributed by atoms with E-state index in [1.165, 1.54) is 0 Å². The predicted molar refractivity (Wildman–Crippen MR) is 85.9 cm³/mol. The van der Waals surface area contributed by atoms with Gasteiger partial charge in [-0.2, -0.15) is 4.98 Å². The second-order valence-electron chi connectivity index (χ2n) is 6.26. The zero-order valence-electron chi connectivity index (χ0n) is 13.2. The van der Waals surface area contributed by atoms with E-state index in [1.54, 1.807) is 0 Å². The van der Waals surface area contributed by atoms with Crippen LogP contribution in [0.1, 0.15) is 63.0 Å². The number of nitrogens with zero attached hydrogens (tertiary/aromatic N) is 4. The standard InChI is InChI=1S/C15H23N5O.ClH/c1-11(2)13-17-8-10-20(13)9-5-12-18-14(19-21-12)15(16)6-3-4-7-15;/h8,10-11H,3-7,9,16H2,1-2H3;1H. The highest BCUT2D eigenvalue weighted by atomic mass is 35.5. The van der Waals surface area contributed by atoms with E-state index >= 15 is 0 Å². The molecule has 1 fully saturated rings. The van der Waals surface area contributed by atoms with Gasteiger partial charge in [0.25, 0.3) is 0 Å². The maximum atomic E-state index is 6.35. The van der Waals surface area contributed by atoms with Gasteiger partial charge < -0.3 is 14.8 Å². The van der Waals surface area contributed by atoms with Gasteiger partial charge in [-0.25, -0.2) is 4.98 Å². The molecule has 7 heteroatoms. The largest absolute Gasteiger partial charge is 0.339 e. The van der Waals surface area contributed by atoms with Crippen LogP contribution in [0.2, 0.25) is 0 Å². The van der Waals surface area contributed by atoms with Crippen LogP contribution in [0.4, 0.5) is 0 Å². The minimum absolute atomic E-state index is 0. The summed E-state index contributed by atoms with van der Waals surface area (Å²) in [7, 11) is 0. The molecule has 0 bridgehead atoms. The minimum atomic E-state index is -0.375. The highest BCUT2D eigenvalue weighted by Crippen LogP contribution is 2.34. The summed E-state index contributed by atoms with van der Waals surface area (Å²) in [6.07, 6.45) is 8.73. The molecule has 0 atom stereocenters. The minimum Gasteiger partial charge on any atom is -0.339 e. The van der Waals surface area contributed by atoms with Crippen LogP contribution in [-0.4, -0.2) is 19.7 Å². The summed E-state index contributed by atoms with van der Waals surface area (Å²) in [5.74, 6) is 2.82. The number of hydrogen-bond donors (Lipinski definition) is 1. The van der Waals surface area contributed by atoms with Gasteiger partial charge in [-0.15, -0.1) is 12.4 Å². The van der Waals surface area contributed by atoms with E-state index < -0.39 is 0 Å². The second-order valence-corrected chi connectivity index (χ2v) is 6.26. The third-order valence-electron chi connectivity index (χ3n) is 4.24. The van der Waals surface area contributed by atoms with Crippen LogP contribution in [0.25, 0.3) is 0 Å². The van der Waals surface area contributed by atoms with Crippen molar-refractivity contribution in [2.75, 3.05) is 0 Å². The zero-order chi connectivity index (χ0) is 14.9. The van der Waals surface area contributed by atoms with Crippen molar-refractivity contribution in [3.05, 3.63) is 29.9 Å². The predicted octanol–water partition coefficient (Wildman–Crippen LogP) is 2.78. The summed E-state index contributed by atoms with van der Waals surface area (Å²) < 4.78 is 7.51. The van der Waals surface area contributed by atoms with Crippen molar-refractivity contribution in [2.45, 2.75) is 64.0 Å². The fourth-order valence-electron chi connectivity index (χ4n) is 3.01. The van der Waals surface area contributed by atoms with E-state index in [1.807, 2.05) is 12.4 Å². The number of nitrogens with two attached hydrogens (primary N) is 1.